The number of rotatable bonds is 5. The highest BCUT2D eigenvalue weighted by atomic mass is 16.5. The van der Waals surface area contributed by atoms with Gasteiger partial charge in [0.25, 0.3) is 0 Å². The molecule has 3 N–H and O–H groups in total. The van der Waals surface area contributed by atoms with Crippen LogP contribution in [-0.4, -0.2) is 42.2 Å². The molecule has 1 aromatic rings. The minimum absolute atomic E-state index is 0.122. The molecular formula is C13H18N2O3. The number of likely N-dealkylation sites (tertiary alicyclic amines) is 1. The summed E-state index contributed by atoms with van der Waals surface area (Å²) in [6.45, 7) is 3.47. The first kappa shape index (κ1) is 12.7. The number of hydrogen-bond donors (Lipinski definition) is 2. The van der Waals surface area contributed by atoms with E-state index in [1.165, 1.54) is 18.9 Å². The summed E-state index contributed by atoms with van der Waals surface area (Å²) in [5, 5.41) is 9.05. The molecule has 1 aliphatic heterocycles. The maximum absolute atomic E-state index is 11.0. The van der Waals surface area contributed by atoms with Crippen LogP contribution in [0.25, 0.3) is 0 Å². The highest BCUT2D eigenvalue weighted by Crippen LogP contribution is 2.26. The van der Waals surface area contributed by atoms with E-state index in [1.54, 1.807) is 12.1 Å². The van der Waals surface area contributed by atoms with Crippen molar-refractivity contribution in [2.45, 2.75) is 12.8 Å². The van der Waals surface area contributed by atoms with Crippen LogP contribution in [0.5, 0.6) is 5.75 Å². The summed E-state index contributed by atoms with van der Waals surface area (Å²) in [4.78, 5) is 13.4. The van der Waals surface area contributed by atoms with E-state index in [0.29, 0.717) is 12.3 Å². The number of carboxylic acids is 1. The molecule has 1 heterocycles. The first-order chi connectivity index (χ1) is 8.68. The SMILES string of the molecule is Nc1cccc(C(=O)O)c1OCCN1CCCC1. The lowest BCUT2D eigenvalue weighted by atomic mass is 10.2. The van der Waals surface area contributed by atoms with E-state index < -0.39 is 5.97 Å². The largest absolute Gasteiger partial charge is 0.489 e. The maximum Gasteiger partial charge on any atom is 0.339 e. The summed E-state index contributed by atoms with van der Waals surface area (Å²) >= 11 is 0. The van der Waals surface area contributed by atoms with Crippen LogP contribution in [0.3, 0.4) is 0 Å². The molecule has 0 amide bonds. The van der Waals surface area contributed by atoms with Crippen LogP contribution in [0, 0.1) is 0 Å². The van der Waals surface area contributed by atoms with E-state index in [9.17, 15) is 4.79 Å². The van der Waals surface area contributed by atoms with Crippen LogP contribution >= 0.6 is 0 Å². The second-order valence-electron chi connectivity index (χ2n) is 4.43. The summed E-state index contributed by atoms with van der Waals surface area (Å²) < 4.78 is 5.54. The molecule has 1 aliphatic rings. The monoisotopic (exact) mass is 250 g/mol. The van der Waals surface area contributed by atoms with E-state index >= 15 is 0 Å². The molecule has 5 nitrogen and oxygen atoms in total. The van der Waals surface area contributed by atoms with Gasteiger partial charge in [0.05, 0.1) is 5.69 Å². The molecule has 0 aromatic heterocycles. The predicted molar refractivity (Wildman–Crippen MR) is 69.0 cm³/mol. The number of benzene rings is 1. The second kappa shape index (κ2) is 5.73. The average molecular weight is 250 g/mol. The Hall–Kier alpha value is -1.75. The Bertz CT molecular complexity index is 428. The van der Waals surface area contributed by atoms with Crippen molar-refractivity contribution in [3.8, 4) is 5.75 Å². The fourth-order valence-electron chi connectivity index (χ4n) is 2.17. The van der Waals surface area contributed by atoms with E-state index in [2.05, 4.69) is 4.90 Å². The normalized spacial score (nSPS) is 15.8. The van der Waals surface area contributed by atoms with Crippen molar-refractivity contribution in [1.29, 1.82) is 0 Å². The number of hydrogen-bond acceptors (Lipinski definition) is 4. The summed E-state index contributed by atoms with van der Waals surface area (Å²) in [6, 6.07) is 4.77. The van der Waals surface area contributed by atoms with Gasteiger partial charge in [0.2, 0.25) is 0 Å². The number of carbonyl (C=O) groups is 1. The Morgan fingerprint density at radius 2 is 2.11 bits per heavy atom. The van der Waals surface area contributed by atoms with E-state index in [4.69, 9.17) is 15.6 Å². The zero-order chi connectivity index (χ0) is 13.0. The molecule has 1 saturated heterocycles. The Morgan fingerprint density at radius 3 is 2.78 bits per heavy atom. The third-order valence-electron chi connectivity index (χ3n) is 3.13. The van der Waals surface area contributed by atoms with Gasteiger partial charge in [-0.05, 0) is 38.1 Å². The minimum atomic E-state index is -1.02. The topological polar surface area (TPSA) is 75.8 Å². The number of para-hydroxylation sites is 1. The van der Waals surface area contributed by atoms with Gasteiger partial charge >= 0.3 is 5.97 Å². The van der Waals surface area contributed by atoms with Gasteiger partial charge in [-0.1, -0.05) is 6.07 Å². The zero-order valence-corrected chi connectivity index (χ0v) is 10.3. The Morgan fingerprint density at radius 1 is 1.39 bits per heavy atom. The fourth-order valence-corrected chi connectivity index (χ4v) is 2.17. The predicted octanol–water partition coefficient (Wildman–Crippen LogP) is 1.44. The fraction of sp³-hybridized carbons (Fsp3) is 0.462. The van der Waals surface area contributed by atoms with Crippen LogP contribution in [-0.2, 0) is 0 Å². The van der Waals surface area contributed by atoms with Gasteiger partial charge < -0.3 is 15.6 Å². The standard InChI is InChI=1S/C13H18N2O3/c14-11-5-3-4-10(13(16)17)12(11)18-9-8-15-6-1-2-7-15/h3-5H,1-2,6-9,14H2,(H,16,17). The van der Waals surface area contributed by atoms with Crippen molar-refractivity contribution >= 4 is 11.7 Å². The second-order valence-corrected chi connectivity index (χ2v) is 4.43. The van der Waals surface area contributed by atoms with Gasteiger partial charge in [0.15, 0.2) is 5.75 Å². The van der Waals surface area contributed by atoms with Crippen molar-refractivity contribution in [1.82, 2.24) is 4.90 Å². The molecule has 0 spiro atoms. The maximum atomic E-state index is 11.0. The molecule has 0 bridgehead atoms. The van der Waals surface area contributed by atoms with Crippen molar-refractivity contribution in [2.24, 2.45) is 0 Å². The zero-order valence-electron chi connectivity index (χ0n) is 10.3. The summed E-state index contributed by atoms with van der Waals surface area (Å²) in [5.74, 6) is -0.734. The smallest absolute Gasteiger partial charge is 0.339 e. The molecule has 2 rings (SSSR count). The van der Waals surface area contributed by atoms with Crippen LogP contribution in [0.2, 0.25) is 0 Å². The van der Waals surface area contributed by atoms with Crippen molar-refractivity contribution in [3.05, 3.63) is 23.8 Å². The van der Waals surface area contributed by atoms with Gasteiger partial charge in [0.1, 0.15) is 12.2 Å². The molecule has 1 aromatic carbocycles. The Kier molecular flexibility index (Phi) is 4.04. The number of carboxylic acid groups (broad SMARTS) is 1. The lowest BCUT2D eigenvalue weighted by Gasteiger charge is -2.16. The van der Waals surface area contributed by atoms with Gasteiger partial charge in [-0.2, -0.15) is 0 Å². The van der Waals surface area contributed by atoms with Crippen LogP contribution in [0.1, 0.15) is 23.2 Å². The number of nitrogens with zero attached hydrogens (tertiary/aromatic N) is 1. The molecule has 98 valence electrons. The third-order valence-corrected chi connectivity index (χ3v) is 3.13. The molecule has 0 aliphatic carbocycles. The van der Waals surface area contributed by atoms with Gasteiger partial charge in [-0.15, -0.1) is 0 Å². The molecule has 5 heteroatoms. The lowest BCUT2D eigenvalue weighted by Crippen LogP contribution is -2.25. The first-order valence-electron chi connectivity index (χ1n) is 6.15. The Balaban J connectivity index is 1.97. The number of anilines is 1. The van der Waals surface area contributed by atoms with Crippen LogP contribution < -0.4 is 10.5 Å². The highest BCUT2D eigenvalue weighted by molar-refractivity contribution is 5.93. The molecule has 0 saturated carbocycles. The molecule has 0 atom stereocenters. The molecule has 0 unspecified atom stereocenters. The van der Waals surface area contributed by atoms with E-state index in [-0.39, 0.29) is 11.3 Å². The number of ether oxygens (including phenoxy) is 1. The minimum Gasteiger partial charge on any atom is -0.489 e. The van der Waals surface area contributed by atoms with Crippen molar-refractivity contribution in [2.75, 3.05) is 32.0 Å². The molecule has 1 fully saturated rings. The summed E-state index contributed by atoms with van der Waals surface area (Å²) in [5.41, 5.74) is 6.24. The van der Waals surface area contributed by atoms with Gasteiger partial charge in [0, 0.05) is 6.54 Å². The molecular weight excluding hydrogens is 232 g/mol. The number of nitrogens with two attached hydrogens (primary N) is 1. The number of aromatic carboxylic acids is 1. The molecule has 18 heavy (non-hydrogen) atoms. The summed E-state index contributed by atoms with van der Waals surface area (Å²) in [6.07, 6.45) is 2.46. The average Bonchev–Trinajstić information content (AvgIpc) is 2.84. The van der Waals surface area contributed by atoms with Gasteiger partial charge in [-0.25, -0.2) is 4.79 Å². The summed E-state index contributed by atoms with van der Waals surface area (Å²) in [7, 11) is 0. The lowest BCUT2D eigenvalue weighted by molar-refractivity contribution is 0.0692. The third kappa shape index (κ3) is 2.92. The van der Waals surface area contributed by atoms with Crippen molar-refractivity contribution < 1.29 is 14.6 Å². The Labute approximate surface area is 106 Å². The molecule has 0 radical (unpaired) electrons. The van der Waals surface area contributed by atoms with E-state index in [0.717, 1.165) is 19.6 Å². The van der Waals surface area contributed by atoms with Gasteiger partial charge in [-0.3, -0.25) is 4.90 Å². The van der Waals surface area contributed by atoms with Crippen LogP contribution in [0.15, 0.2) is 18.2 Å². The first-order valence-corrected chi connectivity index (χ1v) is 6.15. The quantitative estimate of drug-likeness (QED) is 0.773. The number of nitrogen functional groups attached to an aromatic ring is 1. The van der Waals surface area contributed by atoms with Crippen molar-refractivity contribution in [3.63, 3.8) is 0 Å². The van der Waals surface area contributed by atoms with E-state index in [1.807, 2.05) is 0 Å². The highest BCUT2D eigenvalue weighted by Gasteiger charge is 2.15. The van der Waals surface area contributed by atoms with Crippen LogP contribution in [0.4, 0.5) is 5.69 Å².